The van der Waals surface area contributed by atoms with Crippen LogP contribution in [0.3, 0.4) is 0 Å². The summed E-state index contributed by atoms with van der Waals surface area (Å²) < 4.78 is 5.22. The summed E-state index contributed by atoms with van der Waals surface area (Å²) in [6.07, 6.45) is 4.33. The van der Waals surface area contributed by atoms with E-state index in [1.165, 1.54) is 0 Å². The van der Waals surface area contributed by atoms with Gasteiger partial charge in [0.1, 0.15) is 5.75 Å². The van der Waals surface area contributed by atoms with Crippen LogP contribution >= 0.6 is 0 Å². The SMILES string of the molecule is COc1ccc2c(c1)[C@H](C(=O)NCCc1cccnc1)CC(=O)N2. The number of carbonyl (C=O) groups excluding carboxylic acids is 2. The van der Waals surface area contributed by atoms with Gasteiger partial charge < -0.3 is 15.4 Å². The molecule has 0 fully saturated rings. The number of amides is 2. The molecule has 2 amide bonds. The minimum atomic E-state index is -0.502. The van der Waals surface area contributed by atoms with Crippen molar-refractivity contribution in [2.45, 2.75) is 18.8 Å². The third-order valence-corrected chi connectivity index (χ3v) is 4.05. The number of ether oxygens (including phenoxy) is 1. The van der Waals surface area contributed by atoms with Crippen LogP contribution in [0, 0.1) is 0 Å². The zero-order chi connectivity index (χ0) is 16.9. The lowest BCUT2D eigenvalue weighted by molar-refractivity contribution is -0.126. The quantitative estimate of drug-likeness (QED) is 0.879. The van der Waals surface area contributed by atoms with E-state index in [2.05, 4.69) is 15.6 Å². The van der Waals surface area contributed by atoms with E-state index in [9.17, 15) is 9.59 Å². The molecular formula is C18H19N3O3. The van der Waals surface area contributed by atoms with Gasteiger partial charge in [0.25, 0.3) is 0 Å². The molecular weight excluding hydrogens is 306 g/mol. The third-order valence-electron chi connectivity index (χ3n) is 4.05. The molecule has 0 unspecified atom stereocenters. The normalized spacial score (nSPS) is 16.0. The predicted molar refractivity (Wildman–Crippen MR) is 89.9 cm³/mol. The van der Waals surface area contributed by atoms with Crippen LogP contribution in [0.25, 0.3) is 0 Å². The molecule has 124 valence electrons. The smallest absolute Gasteiger partial charge is 0.228 e. The van der Waals surface area contributed by atoms with E-state index in [0.29, 0.717) is 24.4 Å². The Morgan fingerprint density at radius 3 is 3.04 bits per heavy atom. The van der Waals surface area contributed by atoms with Gasteiger partial charge in [0.15, 0.2) is 0 Å². The Kier molecular flexibility index (Phi) is 4.74. The summed E-state index contributed by atoms with van der Waals surface area (Å²) >= 11 is 0. The molecule has 2 heterocycles. The first kappa shape index (κ1) is 16.0. The number of pyridine rings is 1. The maximum atomic E-state index is 12.5. The van der Waals surface area contributed by atoms with Crippen LogP contribution in [0.1, 0.15) is 23.5 Å². The zero-order valence-electron chi connectivity index (χ0n) is 13.4. The molecule has 2 N–H and O–H groups in total. The van der Waals surface area contributed by atoms with Crippen molar-refractivity contribution in [2.24, 2.45) is 0 Å². The molecule has 6 nitrogen and oxygen atoms in total. The predicted octanol–water partition coefficient (Wildman–Crippen LogP) is 1.87. The Morgan fingerprint density at radius 2 is 2.29 bits per heavy atom. The standard InChI is InChI=1S/C18H19N3O3/c1-24-13-4-5-16-14(9-13)15(10-17(22)21-16)18(23)20-8-6-12-3-2-7-19-11-12/h2-5,7,9,11,15H,6,8,10H2,1H3,(H,20,23)(H,21,22)/t15-/m1/s1. The van der Waals surface area contributed by atoms with E-state index in [0.717, 1.165) is 11.1 Å². The van der Waals surface area contributed by atoms with Gasteiger partial charge in [0.05, 0.1) is 13.0 Å². The van der Waals surface area contributed by atoms with E-state index in [-0.39, 0.29) is 18.2 Å². The number of nitrogens with one attached hydrogen (secondary N) is 2. The van der Waals surface area contributed by atoms with Crippen LogP contribution < -0.4 is 15.4 Å². The van der Waals surface area contributed by atoms with E-state index in [4.69, 9.17) is 4.74 Å². The van der Waals surface area contributed by atoms with Gasteiger partial charge in [-0.25, -0.2) is 0 Å². The fraction of sp³-hybridized carbons (Fsp3) is 0.278. The van der Waals surface area contributed by atoms with Gasteiger partial charge in [-0.3, -0.25) is 14.6 Å². The average Bonchev–Trinajstić information content (AvgIpc) is 2.61. The highest BCUT2D eigenvalue weighted by molar-refractivity contribution is 6.01. The third kappa shape index (κ3) is 3.53. The lowest BCUT2D eigenvalue weighted by atomic mass is 9.89. The Bertz CT molecular complexity index is 746. The van der Waals surface area contributed by atoms with Crippen LogP contribution in [0.4, 0.5) is 5.69 Å². The number of anilines is 1. The minimum absolute atomic E-state index is 0.138. The van der Waals surface area contributed by atoms with Crippen molar-refractivity contribution < 1.29 is 14.3 Å². The van der Waals surface area contributed by atoms with Gasteiger partial charge in [-0.05, 0) is 41.8 Å². The van der Waals surface area contributed by atoms with Crippen LogP contribution in [0.2, 0.25) is 0 Å². The highest BCUT2D eigenvalue weighted by Crippen LogP contribution is 2.34. The van der Waals surface area contributed by atoms with Gasteiger partial charge in [0.2, 0.25) is 11.8 Å². The van der Waals surface area contributed by atoms with Gasteiger partial charge >= 0.3 is 0 Å². The minimum Gasteiger partial charge on any atom is -0.497 e. The maximum Gasteiger partial charge on any atom is 0.228 e. The molecule has 0 bridgehead atoms. The number of rotatable bonds is 5. The molecule has 1 aromatic carbocycles. The molecule has 0 radical (unpaired) electrons. The second kappa shape index (κ2) is 7.12. The van der Waals surface area contributed by atoms with E-state index in [1.807, 2.05) is 12.1 Å². The second-order valence-electron chi connectivity index (χ2n) is 5.66. The first-order valence-electron chi connectivity index (χ1n) is 7.82. The molecule has 0 spiro atoms. The van der Waals surface area contributed by atoms with Crippen LogP contribution in [0.15, 0.2) is 42.7 Å². The van der Waals surface area contributed by atoms with Crippen molar-refractivity contribution in [3.63, 3.8) is 0 Å². The topological polar surface area (TPSA) is 80.3 Å². The number of benzene rings is 1. The van der Waals surface area contributed by atoms with Crippen LogP contribution in [-0.4, -0.2) is 30.5 Å². The molecule has 1 aliphatic heterocycles. The molecule has 1 atom stereocenters. The molecule has 3 rings (SSSR count). The van der Waals surface area contributed by atoms with E-state index < -0.39 is 5.92 Å². The number of fused-ring (bicyclic) bond motifs is 1. The summed E-state index contributed by atoms with van der Waals surface area (Å²) in [5, 5.41) is 5.71. The number of methoxy groups -OCH3 is 1. The van der Waals surface area contributed by atoms with Crippen molar-refractivity contribution >= 4 is 17.5 Å². The van der Waals surface area contributed by atoms with Gasteiger partial charge in [-0.15, -0.1) is 0 Å². The van der Waals surface area contributed by atoms with E-state index >= 15 is 0 Å². The molecule has 2 aromatic rings. The van der Waals surface area contributed by atoms with Gasteiger partial charge in [0, 0.05) is 31.0 Å². The Labute approximate surface area is 140 Å². The summed E-state index contributed by atoms with van der Waals surface area (Å²) in [4.78, 5) is 28.5. The first-order chi connectivity index (χ1) is 11.7. The van der Waals surface area contributed by atoms with Crippen molar-refractivity contribution in [2.75, 3.05) is 19.0 Å². The monoisotopic (exact) mass is 325 g/mol. The van der Waals surface area contributed by atoms with E-state index in [1.54, 1.807) is 37.7 Å². The lowest BCUT2D eigenvalue weighted by Crippen LogP contribution is -2.36. The van der Waals surface area contributed by atoms with Gasteiger partial charge in [-0.1, -0.05) is 6.07 Å². The molecule has 0 aliphatic carbocycles. The fourth-order valence-electron chi connectivity index (χ4n) is 2.80. The maximum absolute atomic E-state index is 12.5. The molecule has 0 saturated carbocycles. The van der Waals surface area contributed by atoms with Crippen LogP contribution in [-0.2, 0) is 16.0 Å². The molecule has 6 heteroatoms. The molecule has 1 aliphatic rings. The highest BCUT2D eigenvalue weighted by Gasteiger charge is 2.30. The largest absolute Gasteiger partial charge is 0.497 e. The number of carbonyl (C=O) groups is 2. The molecule has 0 saturated heterocycles. The number of nitrogens with zero attached hydrogens (tertiary/aromatic N) is 1. The van der Waals surface area contributed by atoms with Crippen molar-refractivity contribution in [1.82, 2.24) is 10.3 Å². The van der Waals surface area contributed by atoms with Crippen LogP contribution in [0.5, 0.6) is 5.75 Å². The molecule has 24 heavy (non-hydrogen) atoms. The number of aromatic nitrogens is 1. The Hall–Kier alpha value is -2.89. The first-order valence-corrected chi connectivity index (χ1v) is 7.82. The summed E-state index contributed by atoms with van der Waals surface area (Å²) in [6, 6.07) is 9.17. The second-order valence-corrected chi connectivity index (χ2v) is 5.66. The lowest BCUT2D eigenvalue weighted by Gasteiger charge is -2.25. The average molecular weight is 325 g/mol. The summed E-state index contributed by atoms with van der Waals surface area (Å²) in [5.74, 6) is -0.140. The summed E-state index contributed by atoms with van der Waals surface area (Å²) in [6.45, 7) is 0.502. The zero-order valence-corrected chi connectivity index (χ0v) is 13.4. The Balaban J connectivity index is 1.69. The Morgan fingerprint density at radius 1 is 1.42 bits per heavy atom. The number of hydrogen-bond donors (Lipinski definition) is 2. The molecule has 1 aromatic heterocycles. The summed E-state index contributed by atoms with van der Waals surface area (Å²) in [5.41, 5.74) is 2.51. The fourth-order valence-corrected chi connectivity index (χ4v) is 2.80. The van der Waals surface area contributed by atoms with Crippen molar-refractivity contribution in [1.29, 1.82) is 0 Å². The highest BCUT2D eigenvalue weighted by atomic mass is 16.5. The number of hydrogen-bond acceptors (Lipinski definition) is 4. The van der Waals surface area contributed by atoms with Gasteiger partial charge in [-0.2, -0.15) is 0 Å². The van der Waals surface area contributed by atoms with Crippen molar-refractivity contribution in [3.8, 4) is 5.75 Å². The van der Waals surface area contributed by atoms with Crippen molar-refractivity contribution in [3.05, 3.63) is 53.9 Å². The summed E-state index contributed by atoms with van der Waals surface area (Å²) in [7, 11) is 1.58.